The van der Waals surface area contributed by atoms with Gasteiger partial charge in [-0.05, 0) is 32.0 Å². The highest BCUT2D eigenvalue weighted by Crippen LogP contribution is 2.46. The smallest absolute Gasteiger partial charge is 0.490 e. The Morgan fingerprint density at radius 2 is 1.62 bits per heavy atom. The zero-order valence-corrected chi connectivity index (χ0v) is 18.8. The van der Waals surface area contributed by atoms with Crippen LogP contribution in [-0.2, 0) is 0 Å². The van der Waals surface area contributed by atoms with Gasteiger partial charge in [-0.1, -0.05) is 30.3 Å². The summed E-state index contributed by atoms with van der Waals surface area (Å²) in [5, 5.41) is 0. The van der Waals surface area contributed by atoms with Crippen molar-refractivity contribution >= 4 is 33.4 Å². The monoisotopic (exact) mass is 488 g/mol. The van der Waals surface area contributed by atoms with Crippen LogP contribution in [0.1, 0.15) is 23.5 Å². The molecule has 0 fully saturated rings. The van der Waals surface area contributed by atoms with Crippen molar-refractivity contribution in [1.82, 2.24) is 9.97 Å². The van der Waals surface area contributed by atoms with Gasteiger partial charge in [0.15, 0.2) is 0 Å². The molecule has 7 nitrogen and oxygen atoms in total. The number of aromatic nitrogens is 2. The summed E-state index contributed by atoms with van der Waals surface area (Å²) in [5.41, 5.74) is 12.8. The van der Waals surface area contributed by atoms with Gasteiger partial charge in [-0.3, -0.25) is 4.79 Å². The molecular formula is C23H19F3N4O3S. The Bertz CT molecular complexity index is 1390. The summed E-state index contributed by atoms with van der Waals surface area (Å²) in [7, 11) is 0. The van der Waals surface area contributed by atoms with Gasteiger partial charge in [0, 0.05) is 16.7 Å². The van der Waals surface area contributed by atoms with Gasteiger partial charge in [0.2, 0.25) is 5.95 Å². The highest BCUT2D eigenvalue weighted by Gasteiger charge is 2.33. The van der Waals surface area contributed by atoms with E-state index in [4.69, 9.17) is 16.2 Å². The molecule has 0 unspecified atom stereocenters. The molecule has 0 aliphatic carbocycles. The fourth-order valence-corrected chi connectivity index (χ4v) is 4.62. The number of para-hydroxylation sites is 2. The lowest BCUT2D eigenvalue weighted by Gasteiger charge is -2.15. The van der Waals surface area contributed by atoms with E-state index in [2.05, 4.69) is 14.7 Å². The third kappa shape index (κ3) is 4.60. The number of fused-ring (bicyclic) bond motifs is 1. The van der Waals surface area contributed by atoms with Gasteiger partial charge in [-0.2, -0.15) is 0 Å². The minimum absolute atomic E-state index is 0.00312. The molecule has 0 saturated heterocycles. The molecule has 0 saturated carbocycles. The zero-order valence-electron chi connectivity index (χ0n) is 18.0. The number of amides is 1. The van der Waals surface area contributed by atoms with E-state index in [0.717, 1.165) is 17.4 Å². The summed E-state index contributed by atoms with van der Waals surface area (Å²) in [6, 6.07) is 12.5. The van der Waals surface area contributed by atoms with Crippen LogP contribution in [-0.4, -0.2) is 28.3 Å². The molecule has 2 heterocycles. The van der Waals surface area contributed by atoms with Crippen molar-refractivity contribution < 1.29 is 27.4 Å². The van der Waals surface area contributed by atoms with Crippen molar-refractivity contribution in [2.45, 2.75) is 26.3 Å². The number of rotatable bonds is 6. The first-order chi connectivity index (χ1) is 16.0. The summed E-state index contributed by atoms with van der Waals surface area (Å²) in [5.74, 6) is -0.949. The number of carbonyl (C=O) groups excluding carboxylic acids is 1. The van der Waals surface area contributed by atoms with Gasteiger partial charge in [-0.25, -0.2) is 9.97 Å². The highest BCUT2D eigenvalue weighted by atomic mass is 32.1. The molecule has 1 amide bonds. The van der Waals surface area contributed by atoms with Gasteiger partial charge in [0.25, 0.3) is 5.91 Å². The van der Waals surface area contributed by atoms with Crippen LogP contribution in [0.5, 0.6) is 11.5 Å². The molecule has 0 atom stereocenters. The third-order valence-electron chi connectivity index (χ3n) is 4.66. The Morgan fingerprint density at radius 3 is 2.24 bits per heavy atom. The first-order valence-corrected chi connectivity index (χ1v) is 10.9. The van der Waals surface area contributed by atoms with Crippen LogP contribution < -0.4 is 20.9 Å². The number of nitrogens with two attached hydrogens (primary N) is 2. The predicted octanol–water partition coefficient (Wildman–Crippen LogP) is 5.39. The highest BCUT2D eigenvalue weighted by molar-refractivity contribution is 7.22. The number of thiophene rings is 1. The number of nitrogen functional groups attached to an aromatic ring is 1. The molecular weight excluding hydrogens is 469 g/mol. The van der Waals surface area contributed by atoms with E-state index in [-0.39, 0.29) is 33.6 Å². The standard InChI is InChI=1S/C23H19F3N4O3S/c1-11(2)32-14-9-5-4-8-13(14)17-20-18(30-22(28)29-17)16(19(34-20)21(27)31)12-7-3-6-10-15(12)33-23(24,25)26/h3-11H,1-2H3,(H2,27,31)(H2,28,29,30). The fourth-order valence-electron chi connectivity index (χ4n) is 3.51. The molecule has 34 heavy (non-hydrogen) atoms. The van der Waals surface area contributed by atoms with Crippen molar-refractivity contribution in [2.24, 2.45) is 5.73 Å². The second-order valence-corrected chi connectivity index (χ2v) is 8.51. The fraction of sp³-hybridized carbons (Fsp3) is 0.174. The van der Waals surface area contributed by atoms with E-state index < -0.39 is 18.0 Å². The number of benzene rings is 2. The Balaban J connectivity index is 2.04. The summed E-state index contributed by atoms with van der Waals surface area (Å²) in [6.07, 6.45) is -5.08. The molecule has 2 aromatic heterocycles. The minimum Gasteiger partial charge on any atom is -0.490 e. The van der Waals surface area contributed by atoms with E-state index in [1.54, 1.807) is 24.3 Å². The number of anilines is 1. The van der Waals surface area contributed by atoms with E-state index in [0.29, 0.717) is 21.7 Å². The van der Waals surface area contributed by atoms with Crippen LogP contribution in [0.25, 0.3) is 32.6 Å². The summed E-state index contributed by atoms with van der Waals surface area (Å²) >= 11 is 0.964. The zero-order chi connectivity index (χ0) is 24.6. The summed E-state index contributed by atoms with van der Waals surface area (Å²) in [6.45, 7) is 3.74. The second-order valence-electron chi connectivity index (χ2n) is 7.49. The Morgan fingerprint density at radius 1 is 1.00 bits per heavy atom. The van der Waals surface area contributed by atoms with Crippen LogP contribution in [0.15, 0.2) is 48.5 Å². The molecule has 2 aromatic carbocycles. The predicted molar refractivity (Wildman–Crippen MR) is 124 cm³/mol. The van der Waals surface area contributed by atoms with Crippen LogP contribution in [0.2, 0.25) is 0 Å². The molecule has 4 rings (SSSR count). The Hall–Kier alpha value is -3.86. The van der Waals surface area contributed by atoms with E-state index in [1.807, 2.05) is 13.8 Å². The quantitative estimate of drug-likeness (QED) is 0.376. The molecule has 176 valence electrons. The molecule has 0 bridgehead atoms. The molecule has 4 N–H and O–H groups in total. The third-order valence-corrected chi connectivity index (χ3v) is 5.86. The lowest BCUT2D eigenvalue weighted by molar-refractivity contribution is -0.274. The van der Waals surface area contributed by atoms with Crippen molar-refractivity contribution in [2.75, 3.05) is 5.73 Å². The molecule has 0 aliphatic rings. The summed E-state index contributed by atoms with van der Waals surface area (Å²) in [4.78, 5) is 21.0. The van der Waals surface area contributed by atoms with Gasteiger partial charge < -0.3 is 20.9 Å². The maximum absolute atomic E-state index is 13.1. The number of alkyl halides is 3. The number of halogens is 3. The van der Waals surface area contributed by atoms with E-state index in [1.165, 1.54) is 18.2 Å². The number of carbonyl (C=O) groups is 1. The number of hydrogen-bond donors (Lipinski definition) is 2. The molecule has 4 aromatic rings. The number of nitrogens with zero attached hydrogens (tertiary/aromatic N) is 2. The maximum Gasteiger partial charge on any atom is 0.573 e. The van der Waals surface area contributed by atoms with Crippen molar-refractivity contribution in [1.29, 1.82) is 0 Å². The van der Waals surface area contributed by atoms with Crippen LogP contribution in [0.3, 0.4) is 0 Å². The van der Waals surface area contributed by atoms with Gasteiger partial charge in [-0.15, -0.1) is 24.5 Å². The maximum atomic E-state index is 13.1. The van der Waals surface area contributed by atoms with Crippen LogP contribution >= 0.6 is 11.3 Å². The molecule has 0 spiro atoms. The van der Waals surface area contributed by atoms with Crippen molar-refractivity contribution in [3.05, 3.63) is 53.4 Å². The lowest BCUT2D eigenvalue weighted by Crippen LogP contribution is -2.18. The minimum atomic E-state index is -4.94. The average Bonchev–Trinajstić information content (AvgIpc) is 3.12. The van der Waals surface area contributed by atoms with Gasteiger partial charge >= 0.3 is 6.36 Å². The van der Waals surface area contributed by atoms with Gasteiger partial charge in [0.05, 0.1) is 22.0 Å². The van der Waals surface area contributed by atoms with E-state index >= 15 is 0 Å². The number of hydrogen-bond acceptors (Lipinski definition) is 7. The van der Waals surface area contributed by atoms with Crippen LogP contribution in [0.4, 0.5) is 19.1 Å². The molecule has 0 radical (unpaired) electrons. The molecule has 11 heteroatoms. The Kier molecular flexibility index (Phi) is 6.05. The number of primary amides is 1. The first kappa shape index (κ1) is 23.3. The number of ether oxygens (including phenoxy) is 2. The van der Waals surface area contributed by atoms with Gasteiger partial charge in [0.1, 0.15) is 16.4 Å². The van der Waals surface area contributed by atoms with E-state index in [9.17, 15) is 18.0 Å². The Labute approximate surface area is 196 Å². The first-order valence-electron chi connectivity index (χ1n) is 10.1. The van der Waals surface area contributed by atoms with Crippen molar-refractivity contribution in [3.8, 4) is 33.9 Å². The van der Waals surface area contributed by atoms with Crippen molar-refractivity contribution in [3.63, 3.8) is 0 Å². The van der Waals surface area contributed by atoms with Crippen LogP contribution in [0, 0.1) is 0 Å². The summed E-state index contributed by atoms with van der Waals surface area (Å²) < 4.78 is 49.7. The second kappa shape index (κ2) is 8.82. The normalized spacial score (nSPS) is 11.7. The largest absolute Gasteiger partial charge is 0.573 e. The SMILES string of the molecule is CC(C)Oc1ccccc1-c1nc(N)nc2c(-c3ccccc3OC(F)(F)F)c(C(N)=O)sc12. The topological polar surface area (TPSA) is 113 Å². The average molecular weight is 488 g/mol. The lowest BCUT2D eigenvalue weighted by atomic mass is 10.0. The molecule has 0 aliphatic heterocycles.